The zero-order valence-electron chi connectivity index (χ0n) is 11.9. The van der Waals surface area contributed by atoms with Crippen molar-refractivity contribution >= 4 is 17.5 Å². The first-order chi connectivity index (χ1) is 10.7. The second-order valence-corrected chi connectivity index (χ2v) is 6.89. The molecule has 4 heteroatoms. The van der Waals surface area contributed by atoms with Gasteiger partial charge in [-0.05, 0) is 54.4 Å². The van der Waals surface area contributed by atoms with Crippen LogP contribution in [0.25, 0.3) is 0 Å². The first-order valence-corrected chi connectivity index (χ1v) is 7.74. The van der Waals surface area contributed by atoms with Gasteiger partial charge in [-0.15, -0.1) is 0 Å². The molecule has 2 bridgehead atoms. The SMILES string of the molecule is N#Cc1ccc(N2C(=O)[C@@H]3[C@H](C2=O)[C@H]2C=C[C@H]3C23CC3)cc1. The molecule has 4 nitrogen and oxygen atoms in total. The summed E-state index contributed by atoms with van der Waals surface area (Å²) in [5, 5.41) is 8.87. The van der Waals surface area contributed by atoms with Crippen LogP contribution in [0, 0.1) is 40.4 Å². The van der Waals surface area contributed by atoms with E-state index in [0.29, 0.717) is 11.3 Å². The molecular weight excluding hydrogens is 276 g/mol. The lowest BCUT2D eigenvalue weighted by atomic mass is 9.85. The molecule has 3 aliphatic carbocycles. The van der Waals surface area contributed by atoms with Crippen LogP contribution in [0.4, 0.5) is 5.69 Å². The fraction of sp³-hybridized carbons (Fsp3) is 0.389. The highest BCUT2D eigenvalue weighted by atomic mass is 16.2. The molecule has 4 aliphatic rings. The number of carbonyl (C=O) groups is 2. The highest BCUT2D eigenvalue weighted by Crippen LogP contribution is 2.73. The van der Waals surface area contributed by atoms with Gasteiger partial charge in [0, 0.05) is 0 Å². The van der Waals surface area contributed by atoms with E-state index >= 15 is 0 Å². The number of nitrogens with zero attached hydrogens (tertiary/aromatic N) is 2. The Bertz CT molecular complexity index is 748. The van der Waals surface area contributed by atoms with E-state index in [0.717, 1.165) is 12.8 Å². The molecule has 0 N–H and O–H groups in total. The lowest BCUT2D eigenvalue weighted by molar-refractivity contribution is -0.123. The average molecular weight is 290 g/mol. The van der Waals surface area contributed by atoms with Gasteiger partial charge in [-0.2, -0.15) is 5.26 Å². The molecular formula is C18H14N2O2. The first-order valence-electron chi connectivity index (χ1n) is 7.74. The van der Waals surface area contributed by atoms with E-state index in [4.69, 9.17) is 5.26 Å². The summed E-state index contributed by atoms with van der Waals surface area (Å²) in [6, 6.07) is 8.74. The van der Waals surface area contributed by atoms with Crippen molar-refractivity contribution in [3.63, 3.8) is 0 Å². The van der Waals surface area contributed by atoms with Crippen LogP contribution in [-0.2, 0) is 9.59 Å². The minimum Gasteiger partial charge on any atom is -0.274 e. The minimum atomic E-state index is -0.166. The van der Waals surface area contributed by atoms with E-state index < -0.39 is 0 Å². The number of carbonyl (C=O) groups excluding carboxylic acids is 2. The predicted molar refractivity (Wildman–Crippen MR) is 78.4 cm³/mol. The number of fused-ring (bicyclic) bond motifs is 3. The zero-order valence-corrected chi connectivity index (χ0v) is 11.9. The Labute approximate surface area is 128 Å². The third-order valence-electron chi connectivity index (χ3n) is 6.11. The fourth-order valence-electron chi connectivity index (χ4n) is 5.02. The molecule has 22 heavy (non-hydrogen) atoms. The lowest BCUT2D eigenvalue weighted by Crippen LogP contribution is -2.34. The topological polar surface area (TPSA) is 61.2 Å². The smallest absolute Gasteiger partial charge is 0.238 e. The summed E-state index contributed by atoms with van der Waals surface area (Å²) in [5.41, 5.74) is 1.35. The number of rotatable bonds is 1. The van der Waals surface area contributed by atoms with Gasteiger partial charge in [0.1, 0.15) is 0 Å². The summed E-state index contributed by atoms with van der Waals surface area (Å²) < 4.78 is 0. The quantitative estimate of drug-likeness (QED) is 0.589. The number of anilines is 1. The number of amides is 2. The molecule has 2 saturated carbocycles. The number of imide groups is 1. The molecule has 1 spiro atoms. The number of benzene rings is 1. The van der Waals surface area contributed by atoms with Crippen LogP contribution >= 0.6 is 0 Å². The van der Waals surface area contributed by atoms with Crippen LogP contribution in [0.2, 0.25) is 0 Å². The standard InChI is InChI=1S/C18H14N2O2/c19-9-10-1-3-11(4-2-10)20-16(21)14-12-5-6-13(15(14)17(20)22)18(12)7-8-18/h1-6,12-15H,7-8H2/t12-,13-,14-,15+/m1/s1. The summed E-state index contributed by atoms with van der Waals surface area (Å²) in [4.78, 5) is 27.1. The molecule has 1 aromatic carbocycles. The van der Waals surface area contributed by atoms with Gasteiger partial charge in [0.15, 0.2) is 0 Å². The molecule has 4 atom stereocenters. The molecule has 1 heterocycles. The van der Waals surface area contributed by atoms with Gasteiger partial charge in [0.05, 0.1) is 29.2 Å². The lowest BCUT2D eigenvalue weighted by Gasteiger charge is -2.21. The Morgan fingerprint density at radius 2 is 1.55 bits per heavy atom. The van der Waals surface area contributed by atoms with Crippen molar-refractivity contribution in [3.05, 3.63) is 42.0 Å². The Balaban J connectivity index is 1.55. The molecule has 0 aromatic heterocycles. The van der Waals surface area contributed by atoms with Crippen LogP contribution < -0.4 is 4.90 Å². The number of hydrogen-bond acceptors (Lipinski definition) is 3. The van der Waals surface area contributed by atoms with Crippen molar-refractivity contribution in [3.8, 4) is 6.07 Å². The molecule has 3 fully saturated rings. The highest BCUT2D eigenvalue weighted by Gasteiger charge is 2.73. The predicted octanol–water partition coefficient (Wildman–Crippen LogP) is 2.26. The first kappa shape index (κ1) is 12.2. The van der Waals surface area contributed by atoms with Crippen molar-refractivity contribution in [2.24, 2.45) is 29.1 Å². The number of allylic oxidation sites excluding steroid dienone is 2. The van der Waals surface area contributed by atoms with Gasteiger partial charge in [0.25, 0.3) is 0 Å². The minimum absolute atomic E-state index is 0.0529. The monoisotopic (exact) mass is 290 g/mol. The van der Waals surface area contributed by atoms with Crippen LogP contribution in [0.1, 0.15) is 18.4 Å². The van der Waals surface area contributed by atoms with Crippen LogP contribution in [-0.4, -0.2) is 11.8 Å². The second-order valence-electron chi connectivity index (χ2n) is 6.89. The van der Waals surface area contributed by atoms with Gasteiger partial charge in [-0.3, -0.25) is 14.5 Å². The summed E-state index contributed by atoms with van der Waals surface area (Å²) in [7, 11) is 0. The number of nitriles is 1. The van der Waals surface area contributed by atoms with Crippen molar-refractivity contribution in [2.45, 2.75) is 12.8 Å². The Morgan fingerprint density at radius 1 is 1.00 bits per heavy atom. The van der Waals surface area contributed by atoms with Crippen molar-refractivity contribution in [1.82, 2.24) is 0 Å². The second kappa shape index (κ2) is 3.67. The molecule has 1 aromatic rings. The van der Waals surface area contributed by atoms with Crippen LogP contribution in [0.5, 0.6) is 0 Å². The van der Waals surface area contributed by atoms with Gasteiger partial charge in [0.2, 0.25) is 11.8 Å². The molecule has 2 amide bonds. The Morgan fingerprint density at radius 3 is 2.00 bits per heavy atom. The molecule has 1 saturated heterocycles. The highest BCUT2D eigenvalue weighted by molar-refractivity contribution is 6.23. The Kier molecular flexibility index (Phi) is 2.03. The summed E-state index contributed by atoms with van der Waals surface area (Å²) in [6.07, 6.45) is 6.65. The maximum absolute atomic E-state index is 12.9. The normalized spacial score (nSPS) is 36.0. The molecule has 108 valence electrons. The van der Waals surface area contributed by atoms with E-state index in [1.165, 1.54) is 4.90 Å². The van der Waals surface area contributed by atoms with Gasteiger partial charge in [-0.25, -0.2) is 0 Å². The van der Waals surface area contributed by atoms with E-state index in [-0.39, 0.29) is 40.9 Å². The largest absolute Gasteiger partial charge is 0.274 e. The van der Waals surface area contributed by atoms with E-state index in [9.17, 15) is 9.59 Å². The van der Waals surface area contributed by atoms with Crippen molar-refractivity contribution in [1.29, 1.82) is 5.26 Å². The molecule has 5 rings (SSSR count). The molecule has 1 aliphatic heterocycles. The van der Waals surface area contributed by atoms with Gasteiger partial charge < -0.3 is 0 Å². The van der Waals surface area contributed by atoms with Crippen LogP contribution in [0.15, 0.2) is 36.4 Å². The van der Waals surface area contributed by atoms with E-state index in [1.807, 2.05) is 0 Å². The maximum atomic E-state index is 12.9. The summed E-state index contributed by atoms with van der Waals surface area (Å²) in [6.45, 7) is 0. The van der Waals surface area contributed by atoms with E-state index in [2.05, 4.69) is 18.2 Å². The van der Waals surface area contributed by atoms with Gasteiger partial charge >= 0.3 is 0 Å². The zero-order chi connectivity index (χ0) is 15.1. The van der Waals surface area contributed by atoms with Gasteiger partial charge in [-0.1, -0.05) is 12.2 Å². The molecule has 0 unspecified atom stereocenters. The Hall–Kier alpha value is -2.41. The average Bonchev–Trinajstić information content (AvgIpc) is 3.13. The summed E-state index contributed by atoms with van der Waals surface area (Å²) in [5.74, 6) is 0.0663. The molecule has 0 radical (unpaired) electrons. The van der Waals surface area contributed by atoms with E-state index in [1.54, 1.807) is 24.3 Å². The van der Waals surface area contributed by atoms with Crippen LogP contribution in [0.3, 0.4) is 0 Å². The summed E-state index contributed by atoms with van der Waals surface area (Å²) >= 11 is 0. The fourth-order valence-corrected chi connectivity index (χ4v) is 5.02. The maximum Gasteiger partial charge on any atom is 0.238 e. The third kappa shape index (κ3) is 1.20. The third-order valence-corrected chi connectivity index (χ3v) is 6.11. The number of hydrogen-bond donors (Lipinski definition) is 0. The van der Waals surface area contributed by atoms with Crippen molar-refractivity contribution < 1.29 is 9.59 Å². The van der Waals surface area contributed by atoms with Crippen molar-refractivity contribution in [2.75, 3.05) is 4.90 Å².